The first-order valence-corrected chi connectivity index (χ1v) is 9.13. The third kappa shape index (κ3) is 1.76. The molecule has 2 heteroatoms. The fourth-order valence-electron chi connectivity index (χ4n) is 6.10. The number of hydrogen-bond donors (Lipinski definition) is 0. The molecule has 1 heterocycles. The lowest BCUT2D eigenvalue weighted by Gasteiger charge is -2.44. The fraction of sp³-hybridized carbons (Fsp3) is 1.00. The molecule has 4 fully saturated rings. The molecule has 0 aromatic heterocycles. The first-order chi connectivity index (χ1) is 9.62. The molecule has 3 aliphatic carbocycles. The van der Waals surface area contributed by atoms with Gasteiger partial charge in [-0.2, -0.15) is 0 Å². The van der Waals surface area contributed by atoms with Gasteiger partial charge in [-0.3, -0.25) is 0 Å². The van der Waals surface area contributed by atoms with Crippen LogP contribution in [-0.4, -0.2) is 21.3 Å². The molecular weight excluding hydrogens is 246 g/mol. The van der Waals surface area contributed by atoms with Gasteiger partial charge in [0, 0.05) is 0 Å². The fourth-order valence-corrected chi connectivity index (χ4v) is 6.10. The van der Waals surface area contributed by atoms with Crippen LogP contribution in [0.5, 0.6) is 0 Å². The summed E-state index contributed by atoms with van der Waals surface area (Å²) in [6, 6.07) is 0. The maximum absolute atomic E-state index is 9.09. The number of hydrogen-bond acceptors (Lipinski definition) is 1. The van der Waals surface area contributed by atoms with Gasteiger partial charge in [0.2, 0.25) is 0 Å². The summed E-state index contributed by atoms with van der Waals surface area (Å²) in [4.78, 5) is 0. The van der Waals surface area contributed by atoms with Crippen molar-refractivity contribution in [3.63, 3.8) is 0 Å². The Balaban J connectivity index is 1.70. The zero-order valence-corrected chi connectivity index (χ0v) is 13.2. The van der Waals surface area contributed by atoms with Gasteiger partial charge in [0.25, 0.3) is 0 Å². The lowest BCUT2D eigenvalue weighted by Crippen LogP contribution is -2.55. The summed E-state index contributed by atoms with van der Waals surface area (Å²) >= 11 is 0. The van der Waals surface area contributed by atoms with E-state index in [1.54, 1.807) is 0 Å². The minimum atomic E-state index is 0.265. The Kier molecular flexibility index (Phi) is 3.03. The number of hydroxylamine groups is 2. The van der Waals surface area contributed by atoms with Crippen molar-refractivity contribution in [2.75, 3.05) is 0 Å². The lowest BCUT2D eigenvalue weighted by atomic mass is 9.67. The van der Waals surface area contributed by atoms with Gasteiger partial charge in [-0.15, -0.1) is 0 Å². The van der Waals surface area contributed by atoms with E-state index in [2.05, 4.69) is 12.0 Å². The summed E-state index contributed by atoms with van der Waals surface area (Å²) < 4.78 is 0. The standard InChI is InChI=1S/C18H31NO/c1-16(12-13-16)15-14-17(8-4-2-5-9-17)19(20)18(15)10-6-3-7-11-18/h15,20H,2-14H2,1H3/p+1. The molecule has 20 heavy (non-hydrogen) atoms. The molecule has 1 saturated heterocycles. The van der Waals surface area contributed by atoms with Gasteiger partial charge in [-0.1, -0.05) is 50.5 Å². The maximum Gasteiger partial charge on any atom is 0.0925 e. The van der Waals surface area contributed by atoms with Crippen LogP contribution in [0.25, 0.3) is 0 Å². The maximum atomic E-state index is 9.09. The molecule has 0 aromatic rings. The van der Waals surface area contributed by atoms with E-state index in [4.69, 9.17) is 5.21 Å². The van der Waals surface area contributed by atoms with Crippen LogP contribution in [-0.2, 0) is 0 Å². The van der Waals surface area contributed by atoms with E-state index < -0.39 is 0 Å². The number of rotatable bonds is 1. The van der Waals surface area contributed by atoms with Crippen molar-refractivity contribution >= 4 is 0 Å². The van der Waals surface area contributed by atoms with Gasteiger partial charge in [0.1, 0.15) is 0 Å². The Labute approximate surface area is 123 Å². The zero-order chi connectivity index (χ0) is 13.8. The zero-order valence-electron chi connectivity index (χ0n) is 13.2. The molecule has 2 nitrogen and oxygen atoms in total. The molecule has 4 aliphatic rings. The van der Waals surface area contributed by atoms with E-state index in [9.17, 15) is 0 Å². The Morgan fingerprint density at radius 1 is 0.800 bits per heavy atom. The van der Waals surface area contributed by atoms with Crippen LogP contribution in [0.4, 0.5) is 0 Å². The molecule has 0 aromatic carbocycles. The Morgan fingerprint density at radius 2 is 1.35 bits per heavy atom. The highest BCUT2D eigenvalue weighted by molar-refractivity contribution is 5.17. The topological polar surface area (TPSA) is 26.1 Å². The highest BCUT2D eigenvalue weighted by Gasteiger charge is 2.68. The summed E-state index contributed by atoms with van der Waals surface area (Å²) in [6.45, 7) is 2.53. The van der Waals surface area contributed by atoms with Gasteiger partial charge in [0.15, 0.2) is 0 Å². The van der Waals surface area contributed by atoms with Crippen molar-refractivity contribution in [3.8, 4) is 0 Å². The van der Waals surface area contributed by atoms with Crippen molar-refractivity contribution in [2.24, 2.45) is 11.3 Å². The summed E-state index contributed by atoms with van der Waals surface area (Å²) in [5, 5.41) is 11.3. The van der Waals surface area contributed by atoms with Gasteiger partial charge in [0.05, 0.1) is 11.1 Å². The van der Waals surface area contributed by atoms with Crippen LogP contribution >= 0.6 is 0 Å². The molecule has 1 aliphatic heterocycles. The molecule has 1 atom stereocenters. The van der Waals surface area contributed by atoms with E-state index in [0.717, 1.165) is 5.92 Å². The molecular formula is C18H32NO+. The molecule has 114 valence electrons. The molecule has 2 spiro atoms. The smallest absolute Gasteiger partial charge is 0.0925 e. The van der Waals surface area contributed by atoms with Crippen LogP contribution in [0.2, 0.25) is 0 Å². The summed E-state index contributed by atoms with van der Waals surface area (Å²) in [5.41, 5.74) is 1.13. The summed E-state index contributed by atoms with van der Waals surface area (Å²) in [6.07, 6.45) is 17.8. The van der Waals surface area contributed by atoms with Gasteiger partial charge >= 0.3 is 0 Å². The minimum Gasteiger partial charge on any atom is -0.338 e. The minimum absolute atomic E-state index is 0.265. The van der Waals surface area contributed by atoms with Crippen LogP contribution < -0.4 is 0 Å². The van der Waals surface area contributed by atoms with Crippen molar-refractivity contribution in [2.45, 2.75) is 101 Å². The van der Waals surface area contributed by atoms with Crippen LogP contribution in [0, 0.1) is 11.3 Å². The second-order valence-corrected chi connectivity index (χ2v) is 8.70. The van der Waals surface area contributed by atoms with Crippen LogP contribution in [0.15, 0.2) is 0 Å². The normalized spacial score (nSPS) is 38.4. The second kappa shape index (κ2) is 4.46. The van der Waals surface area contributed by atoms with Crippen molar-refractivity contribution < 1.29 is 5.21 Å². The summed E-state index contributed by atoms with van der Waals surface area (Å²) in [5.74, 6) is 0.825. The van der Waals surface area contributed by atoms with Gasteiger partial charge < -0.3 is 5.21 Å². The Morgan fingerprint density at radius 3 is 1.90 bits per heavy atom. The van der Waals surface area contributed by atoms with Gasteiger partial charge in [-0.05, 0) is 56.3 Å². The average Bonchev–Trinajstić information content (AvgIpc) is 3.20. The molecule has 4 rings (SSSR count). The molecule has 0 radical (unpaired) electrons. The molecule has 0 amide bonds. The predicted molar refractivity (Wildman–Crippen MR) is 82.5 cm³/mol. The van der Waals surface area contributed by atoms with E-state index in [-0.39, 0.29) is 11.1 Å². The van der Waals surface area contributed by atoms with Crippen LogP contribution in [0.1, 0.15) is 90.4 Å². The molecule has 3 saturated carbocycles. The van der Waals surface area contributed by atoms with E-state index >= 15 is 0 Å². The number of nitrogens with zero attached hydrogens (tertiary/aromatic N) is 1. The van der Waals surface area contributed by atoms with Crippen molar-refractivity contribution in [1.82, 2.24) is 5.06 Å². The van der Waals surface area contributed by atoms with Crippen LogP contribution in [0.3, 0.4) is 0 Å². The van der Waals surface area contributed by atoms with Crippen molar-refractivity contribution in [1.29, 1.82) is 0 Å². The largest absolute Gasteiger partial charge is 0.338 e. The SMILES string of the molecule is CC1(C2CC3(CCCCC3)N([OH2+])C23CCCCC3)CC1. The van der Waals surface area contributed by atoms with E-state index in [1.165, 1.54) is 83.5 Å². The quantitative estimate of drug-likeness (QED) is 0.662. The third-order valence-electron chi connectivity index (χ3n) is 7.54. The first kappa shape index (κ1) is 13.6. The third-order valence-corrected chi connectivity index (χ3v) is 7.54. The van der Waals surface area contributed by atoms with Crippen molar-refractivity contribution in [3.05, 3.63) is 0 Å². The monoisotopic (exact) mass is 278 g/mol. The molecule has 1 unspecified atom stereocenters. The molecule has 0 bridgehead atoms. The lowest BCUT2D eigenvalue weighted by molar-refractivity contribution is -0.234. The average molecular weight is 278 g/mol. The highest BCUT2D eigenvalue weighted by atomic mass is 16.5. The van der Waals surface area contributed by atoms with E-state index in [1.807, 2.05) is 0 Å². The van der Waals surface area contributed by atoms with Gasteiger partial charge in [-0.25, -0.2) is 0 Å². The molecule has 2 N–H and O–H groups in total. The highest BCUT2D eigenvalue weighted by Crippen LogP contribution is 2.66. The van der Waals surface area contributed by atoms with E-state index in [0.29, 0.717) is 5.41 Å². The Bertz CT molecular complexity index is 375. The summed E-state index contributed by atoms with van der Waals surface area (Å²) in [7, 11) is 0. The first-order valence-electron chi connectivity index (χ1n) is 9.13. The Hall–Kier alpha value is -0.0800. The second-order valence-electron chi connectivity index (χ2n) is 8.70. The predicted octanol–water partition coefficient (Wildman–Crippen LogP) is 4.15.